The molecule has 0 heterocycles. The van der Waals surface area contributed by atoms with Crippen LogP contribution in [-0.4, -0.2) is 44.5 Å². The molecule has 1 N–H and O–H groups in total. The van der Waals surface area contributed by atoms with Gasteiger partial charge in [-0.15, -0.1) is 0 Å². The number of rotatable bonds is 4. The van der Waals surface area contributed by atoms with Crippen molar-refractivity contribution < 1.29 is 14.3 Å². The number of hydrogen-bond acceptors (Lipinski definition) is 4. The summed E-state index contributed by atoms with van der Waals surface area (Å²) < 4.78 is 4.61. The first kappa shape index (κ1) is 13.0. The van der Waals surface area contributed by atoms with E-state index < -0.39 is 5.97 Å². The molecule has 1 aromatic rings. The highest BCUT2D eigenvalue weighted by molar-refractivity contribution is 5.90. The van der Waals surface area contributed by atoms with Crippen LogP contribution in [0, 0.1) is 0 Å². The number of hydrogen-bond donors (Lipinski definition) is 1. The maximum absolute atomic E-state index is 11.4. The summed E-state index contributed by atoms with van der Waals surface area (Å²) in [5, 5.41) is 2.95. The molecular weight excluding hydrogens is 220 g/mol. The third-order valence-electron chi connectivity index (χ3n) is 2.23. The molecule has 1 amide bonds. The fraction of sp³-hybridized carbons (Fsp3) is 0.333. The molecule has 5 heteroatoms. The number of methoxy groups -OCH3 is 1. The van der Waals surface area contributed by atoms with Gasteiger partial charge in [0, 0.05) is 19.8 Å². The molecule has 0 aromatic heterocycles. The van der Waals surface area contributed by atoms with Crippen molar-refractivity contribution in [1.82, 2.24) is 4.90 Å². The summed E-state index contributed by atoms with van der Waals surface area (Å²) in [5.74, 6) is -0.430. The molecule has 17 heavy (non-hydrogen) atoms. The average Bonchev–Trinajstić information content (AvgIpc) is 2.35. The monoisotopic (exact) mass is 236 g/mol. The summed E-state index contributed by atoms with van der Waals surface area (Å²) in [5.41, 5.74) is 1.16. The van der Waals surface area contributed by atoms with E-state index in [0.29, 0.717) is 11.3 Å². The first-order valence-electron chi connectivity index (χ1n) is 5.17. The first-order valence-corrected chi connectivity index (χ1v) is 5.17. The lowest BCUT2D eigenvalue weighted by molar-refractivity contribution is -0.126. The van der Waals surface area contributed by atoms with Crippen molar-refractivity contribution in [3.8, 4) is 0 Å². The summed E-state index contributed by atoms with van der Waals surface area (Å²) in [6.45, 7) is 0.192. The van der Waals surface area contributed by atoms with E-state index in [-0.39, 0.29) is 12.5 Å². The van der Waals surface area contributed by atoms with Gasteiger partial charge in [-0.05, 0) is 18.2 Å². The van der Waals surface area contributed by atoms with Crippen LogP contribution in [0.3, 0.4) is 0 Å². The van der Waals surface area contributed by atoms with Crippen molar-refractivity contribution in [2.45, 2.75) is 0 Å². The topological polar surface area (TPSA) is 58.6 Å². The van der Waals surface area contributed by atoms with Crippen LogP contribution >= 0.6 is 0 Å². The highest BCUT2D eigenvalue weighted by Gasteiger charge is 2.07. The van der Waals surface area contributed by atoms with E-state index in [2.05, 4.69) is 10.1 Å². The average molecular weight is 236 g/mol. The summed E-state index contributed by atoms with van der Waals surface area (Å²) in [7, 11) is 4.71. The minimum Gasteiger partial charge on any atom is -0.465 e. The Morgan fingerprint density at radius 1 is 1.35 bits per heavy atom. The number of anilines is 1. The molecule has 0 spiro atoms. The predicted octanol–water partition coefficient (Wildman–Crippen LogP) is 0.973. The molecule has 0 aliphatic carbocycles. The number of nitrogens with one attached hydrogen (secondary N) is 1. The largest absolute Gasteiger partial charge is 0.465 e. The zero-order valence-electron chi connectivity index (χ0n) is 10.2. The van der Waals surface area contributed by atoms with Crippen molar-refractivity contribution in [2.24, 2.45) is 0 Å². The van der Waals surface area contributed by atoms with Gasteiger partial charge in [-0.3, -0.25) is 4.79 Å². The fourth-order valence-electron chi connectivity index (χ4n) is 1.21. The van der Waals surface area contributed by atoms with E-state index >= 15 is 0 Å². The lowest BCUT2D eigenvalue weighted by Gasteiger charge is -2.12. The number of amides is 1. The zero-order valence-corrected chi connectivity index (χ0v) is 10.2. The molecule has 0 saturated carbocycles. The molecule has 0 fully saturated rings. The van der Waals surface area contributed by atoms with Crippen molar-refractivity contribution in [1.29, 1.82) is 0 Å². The van der Waals surface area contributed by atoms with Crippen LogP contribution in [0.1, 0.15) is 10.4 Å². The van der Waals surface area contributed by atoms with Crippen LogP contribution < -0.4 is 5.32 Å². The lowest BCUT2D eigenvalue weighted by Crippen LogP contribution is -2.28. The Balaban J connectivity index is 2.66. The molecule has 92 valence electrons. The Morgan fingerprint density at radius 2 is 2.06 bits per heavy atom. The van der Waals surface area contributed by atoms with E-state index in [1.807, 2.05) is 0 Å². The summed E-state index contributed by atoms with van der Waals surface area (Å²) in [6, 6.07) is 6.82. The molecule has 1 rings (SSSR count). The fourth-order valence-corrected chi connectivity index (χ4v) is 1.21. The van der Waals surface area contributed by atoms with Gasteiger partial charge < -0.3 is 15.0 Å². The van der Waals surface area contributed by atoms with E-state index in [4.69, 9.17) is 0 Å². The molecule has 5 nitrogen and oxygen atoms in total. The quantitative estimate of drug-likeness (QED) is 0.791. The maximum atomic E-state index is 11.4. The smallest absolute Gasteiger partial charge is 0.337 e. The van der Waals surface area contributed by atoms with Crippen LogP contribution in [0.4, 0.5) is 5.69 Å². The van der Waals surface area contributed by atoms with E-state index in [9.17, 15) is 9.59 Å². The minimum atomic E-state index is -0.396. The van der Waals surface area contributed by atoms with Crippen LogP contribution in [0.5, 0.6) is 0 Å². The second kappa shape index (κ2) is 5.89. The molecule has 0 bridgehead atoms. The van der Waals surface area contributed by atoms with Crippen LogP contribution in [0.2, 0.25) is 0 Å². The summed E-state index contributed by atoms with van der Waals surface area (Å²) in [6.07, 6.45) is 0. The normalized spacial score (nSPS) is 9.59. The molecule has 0 atom stereocenters. The highest BCUT2D eigenvalue weighted by atomic mass is 16.5. The number of likely N-dealkylation sites (N-methyl/N-ethyl adjacent to an activating group) is 1. The Morgan fingerprint density at radius 3 is 2.65 bits per heavy atom. The van der Waals surface area contributed by atoms with Crippen LogP contribution in [0.15, 0.2) is 24.3 Å². The molecule has 1 aromatic carbocycles. The van der Waals surface area contributed by atoms with Gasteiger partial charge in [0.25, 0.3) is 0 Å². The van der Waals surface area contributed by atoms with Crippen molar-refractivity contribution >= 4 is 17.6 Å². The Bertz CT molecular complexity index is 416. The maximum Gasteiger partial charge on any atom is 0.337 e. The molecule has 0 unspecified atom stereocenters. The first-order chi connectivity index (χ1) is 8.04. The molecule has 0 aliphatic heterocycles. The number of nitrogens with zero attached hydrogens (tertiary/aromatic N) is 1. The van der Waals surface area contributed by atoms with Gasteiger partial charge in [0.2, 0.25) is 5.91 Å². The second-order valence-electron chi connectivity index (χ2n) is 3.71. The number of ether oxygens (including phenoxy) is 1. The van der Waals surface area contributed by atoms with E-state index in [1.54, 1.807) is 38.4 Å². The van der Waals surface area contributed by atoms with Gasteiger partial charge in [0.05, 0.1) is 19.2 Å². The number of esters is 1. The zero-order chi connectivity index (χ0) is 12.8. The molecular formula is C12H16N2O3. The molecule has 0 saturated heterocycles. The predicted molar refractivity (Wildman–Crippen MR) is 65.0 cm³/mol. The van der Waals surface area contributed by atoms with Crippen LogP contribution in [0.25, 0.3) is 0 Å². The van der Waals surface area contributed by atoms with Gasteiger partial charge in [-0.2, -0.15) is 0 Å². The Kier molecular flexibility index (Phi) is 4.51. The lowest BCUT2D eigenvalue weighted by atomic mass is 10.2. The van der Waals surface area contributed by atoms with Gasteiger partial charge >= 0.3 is 5.97 Å². The Labute approximate surface area is 100 Å². The summed E-state index contributed by atoms with van der Waals surface area (Å²) >= 11 is 0. The standard InChI is InChI=1S/C12H16N2O3/c1-14(2)11(15)8-13-10-6-4-5-9(7-10)12(16)17-3/h4-7,13H,8H2,1-3H3. The number of benzene rings is 1. The van der Waals surface area contributed by atoms with Gasteiger partial charge in [-0.1, -0.05) is 6.07 Å². The van der Waals surface area contributed by atoms with Crippen LogP contribution in [-0.2, 0) is 9.53 Å². The Hall–Kier alpha value is -2.04. The highest BCUT2D eigenvalue weighted by Crippen LogP contribution is 2.11. The van der Waals surface area contributed by atoms with Gasteiger partial charge in [0.15, 0.2) is 0 Å². The van der Waals surface area contributed by atoms with E-state index in [0.717, 1.165) is 0 Å². The minimum absolute atomic E-state index is 0.0338. The summed E-state index contributed by atoms with van der Waals surface area (Å²) in [4.78, 5) is 24.1. The molecule has 0 aliphatic rings. The van der Waals surface area contributed by atoms with Gasteiger partial charge in [-0.25, -0.2) is 4.79 Å². The third kappa shape index (κ3) is 3.79. The third-order valence-corrected chi connectivity index (χ3v) is 2.23. The second-order valence-corrected chi connectivity index (χ2v) is 3.71. The van der Waals surface area contributed by atoms with E-state index in [1.165, 1.54) is 12.0 Å². The van der Waals surface area contributed by atoms with Crippen molar-refractivity contribution in [3.05, 3.63) is 29.8 Å². The number of carbonyl (C=O) groups is 2. The number of carbonyl (C=O) groups excluding carboxylic acids is 2. The SMILES string of the molecule is COC(=O)c1cccc(NCC(=O)N(C)C)c1. The van der Waals surface area contributed by atoms with Crippen molar-refractivity contribution in [3.63, 3.8) is 0 Å². The van der Waals surface area contributed by atoms with Crippen molar-refractivity contribution in [2.75, 3.05) is 33.1 Å². The molecule has 0 radical (unpaired) electrons. The van der Waals surface area contributed by atoms with Gasteiger partial charge in [0.1, 0.15) is 0 Å².